The fraction of sp³-hybridized carbons (Fsp3) is 0.333. The van der Waals surface area contributed by atoms with Crippen molar-refractivity contribution in [3.8, 4) is 22.9 Å². The number of rotatable bonds is 6. The molecule has 2 heterocycles. The molecule has 0 saturated carbocycles. The molecule has 0 spiro atoms. The van der Waals surface area contributed by atoms with Crippen molar-refractivity contribution in [2.45, 2.75) is 25.4 Å². The van der Waals surface area contributed by atoms with Crippen molar-refractivity contribution in [2.75, 3.05) is 20.8 Å². The summed E-state index contributed by atoms with van der Waals surface area (Å²) in [6.07, 6.45) is 2.28. The Morgan fingerprint density at radius 3 is 2.67 bits per heavy atom. The minimum atomic E-state index is 0.359. The molecule has 1 aliphatic heterocycles. The summed E-state index contributed by atoms with van der Waals surface area (Å²) in [6.45, 7) is 1.65. The number of para-hydroxylation sites is 1. The van der Waals surface area contributed by atoms with Gasteiger partial charge in [-0.15, -0.1) is 0 Å². The minimum Gasteiger partial charge on any atom is -0.497 e. The molecule has 0 aliphatic carbocycles. The zero-order valence-corrected chi connectivity index (χ0v) is 15.6. The zero-order chi connectivity index (χ0) is 18.6. The highest BCUT2D eigenvalue weighted by Crippen LogP contribution is 2.34. The minimum absolute atomic E-state index is 0.359. The second-order valence-electron chi connectivity index (χ2n) is 6.61. The molecule has 6 nitrogen and oxygen atoms in total. The van der Waals surface area contributed by atoms with Crippen LogP contribution in [0, 0.1) is 0 Å². The zero-order valence-electron chi connectivity index (χ0n) is 15.6. The lowest BCUT2D eigenvalue weighted by Crippen LogP contribution is -2.22. The molecule has 1 aliphatic rings. The van der Waals surface area contributed by atoms with Crippen LogP contribution in [-0.4, -0.2) is 35.8 Å². The molecule has 1 atom stereocenters. The van der Waals surface area contributed by atoms with Crippen molar-refractivity contribution >= 4 is 0 Å². The molecule has 0 N–H and O–H groups in total. The first kappa shape index (κ1) is 17.5. The van der Waals surface area contributed by atoms with E-state index in [1.54, 1.807) is 14.2 Å². The summed E-state index contributed by atoms with van der Waals surface area (Å²) in [5.41, 5.74) is 2.13. The summed E-state index contributed by atoms with van der Waals surface area (Å²) < 4.78 is 16.2. The molecule has 140 valence electrons. The van der Waals surface area contributed by atoms with Crippen molar-refractivity contribution in [1.82, 2.24) is 15.0 Å². The molecule has 0 amide bonds. The highest BCUT2D eigenvalue weighted by atomic mass is 16.5. The quantitative estimate of drug-likeness (QED) is 0.656. The van der Waals surface area contributed by atoms with Crippen LogP contribution in [0.3, 0.4) is 0 Å². The lowest BCUT2D eigenvalue weighted by molar-refractivity contribution is 0.212. The molecule has 6 heteroatoms. The van der Waals surface area contributed by atoms with Gasteiger partial charge in [-0.05, 0) is 49.2 Å². The fourth-order valence-corrected chi connectivity index (χ4v) is 3.65. The molecular formula is C21H23N3O3. The van der Waals surface area contributed by atoms with E-state index in [0.29, 0.717) is 24.3 Å². The molecule has 0 bridgehead atoms. The third kappa shape index (κ3) is 3.66. The maximum atomic E-state index is 5.52. The van der Waals surface area contributed by atoms with Gasteiger partial charge < -0.3 is 14.0 Å². The number of likely N-dealkylation sites (tertiary alicyclic amines) is 1. The molecule has 1 fully saturated rings. The standard InChI is InChI=1S/C21H23N3O3/c1-25-16-11-9-15(10-12-16)18-7-5-13-24(18)14-20-22-21(23-27-20)17-6-3-4-8-19(17)26-2/h3-4,6,8-12,18H,5,7,13-14H2,1-2H3. The molecule has 0 radical (unpaired) electrons. The highest BCUT2D eigenvalue weighted by Gasteiger charge is 2.27. The Bertz CT molecular complexity index is 892. The summed E-state index contributed by atoms with van der Waals surface area (Å²) >= 11 is 0. The number of hydrogen-bond donors (Lipinski definition) is 0. The Balaban J connectivity index is 1.51. The van der Waals surface area contributed by atoms with Crippen LogP contribution in [0.1, 0.15) is 30.3 Å². The van der Waals surface area contributed by atoms with E-state index >= 15 is 0 Å². The SMILES string of the molecule is COc1ccc(C2CCCN2Cc2nc(-c3ccccc3OC)no2)cc1. The van der Waals surface area contributed by atoms with Crippen LogP contribution < -0.4 is 9.47 Å². The largest absolute Gasteiger partial charge is 0.497 e. The monoisotopic (exact) mass is 365 g/mol. The maximum absolute atomic E-state index is 5.52. The third-order valence-corrected chi connectivity index (χ3v) is 5.02. The number of ether oxygens (including phenoxy) is 2. The van der Waals surface area contributed by atoms with Gasteiger partial charge in [-0.3, -0.25) is 4.90 Å². The van der Waals surface area contributed by atoms with Gasteiger partial charge in [0.05, 0.1) is 26.3 Å². The van der Waals surface area contributed by atoms with Crippen LogP contribution in [0.25, 0.3) is 11.4 Å². The van der Waals surface area contributed by atoms with Crippen LogP contribution in [0.2, 0.25) is 0 Å². The normalized spacial score (nSPS) is 17.2. The van der Waals surface area contributed by atoms with Crippen molar-refractivity contribution in [3.05, 3.63) is 60.0 Å². The molecule has 27 heavy (non-hydrogen) atoms. The summed E-state index contributed by atoms with van der Waals surface area (Å²) in [6, 6.07) is 16.3. The molecule has 1 unspecified atom stereocenters. The molecule has 3 aromatic rings. The Morgan fingerprint density at radius 2 is 1.89 bits per heavy atom. The first-order valence-electron chi connectivity index (χ1n) is 9.12. The molecular weight excluding hydrogens is 342 g/mol. The van der Waals surface area contributed by atoms with Gasteiger partial charge in [-0.25, -0.2) is 0 Å². The summed E-state index contributed by atoms with van der Waals surface area (Å²) in [5, 5.41) is 4.15. The molecule has 4 rings (SSSR count). The topological polar surface area (TPSA) is 60.6 Å². The van der Waals surface area contributed by atoms with E-state index in [0.717, 1.165) is 36.4 Å². The van der Waals surface area contributed by atoms with Gasteiger partial charge in [-0.2, -0.15) is 4.98 Å². The van der Waals surface area contributed by atoms with Crippen molar-refractivity contribution in [3.63, 3.8) is 0 Å². The Hall–Kier alpha value is -2.86. The van der Waals surface area contributed by atoms with Gasteiger partial charge in [0.1, 0.15) is 11.5 Å². The first-order chi connectivity index (χ1) is 13.3. The maximum Gasteiger partial charge on any atom is 0.241 e. The van der Waals surface area contributed by atoms with E-state index in [-0.39, 0.29) is 0 Å². The Morgan fingerprint density at radius 1 is 1.07 bits per heavy atom. The fourth-order valence-electron chi connectivity index (χ4n) is 3.65. The number of aromatic nitrogens is 2. The van der Waals surface area contributed by atoms with E-state index in [1.807, 2.05) is 36.4 Å². The molecule has 1 aromatic heterocycles. The predicted octanol–water partition coefficient (Wildman–Crippen LogP) is 4.09. The second-order valence-corrected chi connectivity index (χ2v) is 6.61. The van der Waals surface area contributed by atoms with E-state index in [9.17, 15) is 0 Å². The van der Waals surface area contributed by atoms with Gasteiger partial charge in [0.2, 0.25) is 11.7 Å². The van der Waals surface area contributed by atoms with Crippen molar-refractivity contribution in [2.24, 2.45) is 0 Å². The number of nitrogens with zero attached hydrogens (tertiary/aromatic N) is 3. The van der Waals surface area contributed by atoms with Gasteiger partial charge >= 0.3 is 0 Å². The lowest BCUT2D eigenvalue weighted by Gasteiger charge is -2.23. The first-order valence-corrected chi connectivity index (χ1v) is 9.12. The van der Waals surface area contributed by atoms with E-state index in [4.69, 9.17) is 14.0 Å². The van der Waals surface area contributed by atoms with E-state index in [1.165, 1.54) is 5.56 Å². The summed E-state index contributed by atoms with van der Waals surface area (Å²) in [5.74, 6) is 2.79. The van der Waals surface area contributed by atoms with Crippen LogP contribution in [-0.2, 0) is 6.54 Å². The number of hydrogen-bond acceptors (Lipinski definition) is 6. The summed E-state index contributed by atoms with van der Waals surface area (Å²) in [4.78, 5) is 6.98. The molecule has 1 saturated heterocycles. The predicted molar refractivity (Wildman–Crippen MR) is 102 cm³/mol. The summed E-state index contributed by atoms with van der Waals surface area (Å²) in [7, 11) is 3.33. The Kier molecular flexibility index (Phi) is 5.07. The lowest BCUT2D eigenvalue weighted by atomic mass is 10.0. The van der Waals surface area contributed by atoms with Gasteiger partial charge in [0.15, 0.2) is 0 Å². The molecule has 2 aromatic carbocycles. The average Bonchev–Trinajstić information content (AvgIpc) is 3.38. The second kappa shape index (κ2) is 7.80. The van der Waals surface area contributed by atoms with E-state index in [2.05, 4.69) is 27.2 Å². The smallest absolute Gasteiger partial charge is 0.241 e. The van der Waals surface area contributed by atoms with E-state index < -0.39 is 0 Å². The van der Waals surface area contributed by atoms with Crippen LogP contribution in [0.4, 0.5) is 0 Å². The average molecular weight is 365 g/mol. The highest BCUT2D eigenvalue weighted by molar-refractivity contribution is 5.63. The third-order valence-electron chi connectivity index (χ3n) is 5.02. The van der Waals surface area contributed by atoms with Crippen molar-refractivity contribution < 1.29 is 14.0 Å². The number of methoxy groups -OCH3 is 2. The number of benzene rings is 2. The van der Waals surface area contributed by atoms with Crippen LogP contribution in [0.5, 0.6) is 11.5 Å². The van der Waals surface area contributed by atoms with Gasteiger partial charge in [0.25, 0.3) is 0 Å². The van der Waals surface area contributed by atoms with Crippen LogP contribution in [0.15, 0.2) is 53.1 Å². The van der Waals surface area contributed by atoms with Gasteiger partial charge in [0, 0.05) is 6.04 Å². The Labute approximate surface area is 158 Å². The van der Waals surface area contributed by atoms with Gasteiger partial charge in [-0.1, -0.05) is 29.4 Å². The van der Waals surface area contributed by atoms with Crippen molar-refractivity contribution in [1.29, 1.82) is 0 Å². The van der Waals surface area contributed by atoms with Crippen LogP contribution >= 0.6 is 0 Å².